The molecule has 6 nitrogen and oxygen atoms in total. The average Bonchev–Trinajstić information content (AvgIpc) is 2.80. The van der Waals surface area contributed by atoms with Crippen LogP contribution in [0, 0.1) is 0 Å². The van der Waals surface area contributed by atoms with Gasteiger partial charge in [-0.15, -0.1) is 0 Å². The zero-order valence-corrected chi connectivity index (χ0v) is 15.8. The van der Waals surface area contributed by atoms with Crippen molar-refractivity contribution in [2.45, 2.75) is 11.8 Å². The van der Waals surface area contributed by atoms with Crippen LogP contribution in [0.1, 0.15) is 12.5 Å². The lowest BCUT2D eigenvalue weighted by molar-refractivity contribution is 0.259. The number of fused-ring (bicyclic) bond motifs is 1. The van der Waals surface area contributed by atoms with Gasteiger partial charge in [-0.1, -0.05) is 65.4 Å². The molecule has 0 bridgehead atoms. The Hall–Kier alpha value is -3.45. The van der Waals surface area contributed by atoms with Gasteiger partial charge in [0.25, 0.3) is 11.1 Å². The van der Waals surface area contributed by atoms with Gasteiger partial charge in [-0.2, -0.15) is 8.42 Å². The van der Waals surface area contributed by atoms with Crippen molar-refractivity contribution in [3.8, 4) is 0 Å². The Morgan fingerprint density at radius 2 is 1.54 bits per heavy atom. The molecular weight excluding hydrogens is 378 g/mol. The second kappa shape index (κ2) is 8.06. The van der Waals surface area contributed by atoms with Crippen LogP contribution in [0.2, 0.25) is 0 Å². The summed E-state index contributed by atoms with van der Waals surface area (Å²) in [6, 6.07) is 15.0. The number of benzene rings is 2. The van der Waals surface area contributed by atoms with Gasteiger partial charge >= 0.3 is 10.1 Å². The number of hydrogen-bond acceptors (Lipinski definition) is 5. The Morgan fingerprint density at radius 1 is 0.893 bits per heavy atom. The van der Waals surface area contributed by atoms with Crippen LogP contribution >= 0.6 is 0 Å². The predicted molar refractivity (Wildman–Crippen MR) is 109 cm³/mol. The quantitative estimate of drug-likeness (QED) is 0.621. The van der Waals surface area contributed by atoms with Gasteiger partial charge in [-0.05, 0) is 36.1 Å². The molecule has 3 aromatic rings. The number of nitrogens with zero attached hydrogens (tertiary/aromatic N) is 1. The van der Waals surface area contributed by atoms with E-state index < -0.39 is 21.2 Å². The molecule has 0 saturated heterocycles. The van der Waals surface area contributed by atoms with Crippen LogP contribution in [0.5, 0.6) is 0 Å². The van der Waals surface area contributed by atoms with Crippen LogP contribution in [0.3, 0.4) is 0 Å². The first kappa shape index (κ1) is 19.3. The zero-order chi connectivity index (χ0) is 20.1. The van der Waals surface area contributed by atoms with Crippen molar-refractivity contribution in [1.82, 2.24) is 4.73 Å². The molecule has 1 aromatic heterocycles. The molecule has 0 atom stereocenters. The Kier molecular flexibility index (Phi) is 5.56. The molecule has 0 saturated carbocycles. The van der Waals surface area contributed by atoms with E-state index in [0.717, 1.165) is 0 Å². The topological polar surface area (TPSA) is 82.4 Å². The van der Waals surface area contributed by atoms with Crippen LogP contribution in [-0.4, -0.2) is 13.1 Å². The number of hydrogen-bond donors (Lipinski definition) is 0. The summed E-state index contributed by atoms with van der Waals surface area (Å²) in [6.45, 7) is 1.85. The molecule has 0 aliphatic carbocycles. The summed E-state index contributed by atoms with van der Waals surface area (Å²) in [5.74, 6) is 0. The Labute approximate surface area is 161 Å². The van der Waals surface area contributed by atoms with Gasteiger partial charge in [-0.25, -0.2) is 0 Å². The fraction of sp³-hybridized carbons (Fsp3) is 0.0476. The number of aromatic nitrogens is 1. The number of rotatable bonds is 5. The van der Waals surface area contributed by atoms with Crippen molar-refractivity contribution < 1.29 is 12.7 Å². The van der Waals surface area contributed by atoms with E-state index in [1.165, 1.54) is 36.4 Å². The molecule has 0 fully saturated rings. The molecular formula is C21H17NO5S. The highest BCUT2D eigenvalue weighted by Gasteiger charge is 2.19. The molecule has 0 aliphatic heterocycles. The normalized spacial score (nSPS) is 12.0. The van der Waals surface area contributed by atoms with Crippen molar-refractivity contribution >= 4 is 27.0 Å². The fourth-order valence-corrected chi connectivity index (χ4v) is 3.52. The molecule has 0 amide bonds. The first-order valence-electron chi connectivity index (χ1n) is 8.42. The van der Waals surface area contributed by atoms with E-state index in [1.807, 2.05) is 13.0 Å². The third-order valence-corrected chi connectivity index (χ3v) is 5.11. The van der Waals surface area contributed by atoms with Crippen molar-refractivity contribution in [3.63, 3.8) is 0 Å². The summed E-state index contributed by atoms with van der Waals surface area (Å²) in [4.78, 5) is 25.3. The highest BCUT2D eigenvalue weighted by Crippen LogP contribution is 2.15. The summed E-state index contributed by atoms with van der Waals surface area (Å²) in [6.07, 6.45) is 6.97. The SMILES string of the molecule is C/C=C\C=C/c1cc(=O)n(OS(=O)(=O)c2ccccc2)c(=O)c2ccccc12. The van der Waals surface area contributed by atoms with E-state index in [4.69, 9.17) is 4.28 Å². The molecule has 0 N–H and O–H groups in total. The minimum atomic E-state index is -4.36. The van der Waals surface area contributed by atoms with Crippen molar-refractivity contribution in [3.05, 3.63) is 105 Å². The Balaban J connectivity index is 2.27. The third kappa shape index (κ3) is 3.94. The monoisotopic (exact) mass is 395 g/mol. The van der Waals surface area contributed by atoms with Crippen molar-refractivity contribution in [2.75, 3.05) is 0 Å². The predicted octanol–water partition coefficient (Wildman–Crippen LogP) is 2.77. The van der Waals surface area contributed by atoms with Crippen molar-refractivity contribution in [1.29, 1.82) is 0 Å². The molecule has 3 rings (SSSR count). The van der Waals surface area contributed by atoms with E-state index in [1.54, 1.807) is 42.5 Å². The summed E-state index contributed by atoms with van der Waals surface area (Å²) in [5, 5.41) is 0.665. The fourth-order valence-electron chi connectivity index (χ4n) is 2.61. The van der Waals surface area contributed by atoms with Crippen LogP contribution < -0.4 is 15.4 Å². The van der Waals surface area contributed by atoms with Gasteiger partial charge in [0.2, 0.25) is 0 Å². The van der Waals surface area contributed by atoms with Crippen LogP contribution in [0.15, 0.2) is 93.4 Å². The van der Waals surface area contributed by atoms with E-state index >= 15 is 0 Å². The summed E-state index contributed by atoms with van der Waals surface area (Å²) in [7, 11) is -4.36. The maximum Gasteiger partial charge on any atom is 0.357 e. The molecule has 1 heterocycles. The Bertz CT molecular complexity index is 1290. The first-order valence-corrected chi connectivity index (χ1v) is 9.83. The lowest BCUT2D eigenvalue weighted by Crippen LogP contribution is -2.38. The molecule has 28 heavy (non-hydrogen) atoms. The lowest BCUT2D eigenvalue weighted by Gasteiger charge is -2.05. The molecule has 7 heteroatoms. The summed E-state index contributed by atoms with van der Waals surface area (Å²) in [5.41, 5.74) is -1.28. The standard InChI is InChI=1S/C21H17NO5S/c1-2-3-5-10-16-15-20(23)22(21(24)19-14-9-8-13-18(16)19)27-28(25,26)17-11-6-4-7-12-17/h2-15H,1H3/b3-2-,10-5-. The second-order valence-corrected chi connectivity index (χ2v) is 7.34. The zero-order valence-electron chi connectivity index (χ0n) is 15.0. The van der Waals surface area contributed by atoms with Crippen LogP contribution in [0.25, 0.3) is 16.8 Å². The van der Waals surface area contributed by atoms with Gasteiger partial charge in [0.15, 0.2) is 0 Å². The number of allylic oxidation sites excluding steroid dienone is 3. The third-order valence-electron chi connectivity index (χ3n) is 3.92. The molecule has 142 valence electrons. The highest BCUT2D eigenvalue weighted by molar-refractivity contribution is 7.87. The van der Waals surface area contributed by atoms with Gasteiger partial charge in [0.1, 0.15) is 4.90 Å². The highest BCUT2D eigenvalue weighted by atomic mass is 32.2. The van der Waals surface area contributed by atoms with E-state index in [-0.39, 0.29) is 15.0 Å². The largest absolute Gasteiger partial charge is 0.357 e. The maximum absolute atomic E-state index is 12.9. The molecule has 0 radical (unpaired) electrons. The summed E-state index contributed by atoms with van der Waals surface area (Å²) >= 11 is 0. The smallest absolute Gasteiger partial charge is 0.277 e. The second-order valence-electron chi connectivity index (χ2n) is 5.81. The van der Waals surface area contributed by atoms with Gasteiger partial charge in [0, 0.05) is 6.07 Å². The molecule has 0 unspecified atom stereocenters. The molecule has 0 aliphatic rings. The van der Waals surface area contributed by atoms with Gasteiger partial charge in [-0.3, -0.25) is 13.9 Å². The van der Waals surface area contributed by atoms with Crippen LogP contribution in [0.4, 0.5) is 0 Å². The first-order chi connectivity index (χ1) is 13.4. The van der Waals surface area contributed by atoms with E-state index in [0.29, 0.717) is 10.9 Å². The lowest BCUT2D eigenvalue weighted by atomic mass is 10.1. The summed E-state index contributed by atoms with van der Waals surface area (Å²) < 4.78 is 30.2. The molecule has 2 aromatic carbocycles. The van der Waals surface area contributed by atoms with Gasteiger partial charge < -0.3 is 0 Å². The minimum Gasteiger partial charge on any atom is -0.277 e. The minimum absolute atomic E-state index is 0.160. The van der Waals surface area contributed by atoms with Gasteiger partial charge in [0.05, 0.1) is 5.39 Å². The van der Waals surface area contributed by atoms with Crippen LogP contribution in [-0.2, 0) is 10.1 Å². The average molecular weight is 395 g/mol. The van der Waals surface area contributed by atoms with Crippen molar-refractivity contribution in [2.24, 2.45) is 0 Å². The Morgan fingerprint density at radius 3 is 2.21 bits per heavy atom. The van der Waals surface area contributed by atoms with E-state index in [9.17, 15) is 18.0 Å². The maximum atomic E-state index is 12.9. The molecule has 0 spiro atoms. The van der Waals surface area contributed by atoms with E-state index in [2.05, 4.69) is 0 Å².